The van der Waals surface area contributed by atoms with E-state index in [4.69, 9.17) is 21.7 Å². The van der Waals surface area contributed by atoms with Crippen LogP contribution in [0.4, 0.5) is 0 Å². The predicted molar refractivity (Wildman–Crippen MR) is 109 cm³/mol. The predicted octanol–water partition coefficient (Wildman–Crippen LogP) is -3.37. The van der Waals surface area contributed by atoms with Gasteiger partial charge >= 0.3 is 11.9 Å². The van der Waals surface area contributed by atoms with Gasteiger partial charge in [0.25, 0.3) is 0 Å². The summed E-state index contributed by atoms with van der Waals surface area (Å²) in [6, 6.07) is -5.61. The lowest BCUT2D eigenvalue weighted by Crippen LogP contribution is -2.59. The summed E-state index contributed by atoms with van der Waals surface area (Å²) in [7, 11) is 0. The molecule has 5 atom stereocenters. The third-order valence-electron chi connectivity index (χ3n) is 4.63. The Hall–Kier alpha value is -3.26. The first-order valence-electron chi connectivity index (χ1n) is 9.84. The van der Waals surface area contributed by atoms with Crippen LogP contribution in [-0.4, -0.2) is 81.7 Å². The van der Waals surface area contributed by atoms with Gasteiger partial charge in [-0.1, -0.05) is 20.3 Å². The number of aliphatic carboxylic acids is 2. The molecule has 0 aliphatic carbocycles. The molecule has 0 aromatic rings. The van der Waals surface area contributed by atoms with E-state index in [1.165, 1.54) is 0 Å². The largest absolute Gasteiger partial charge is 0.481 e. The number of carbonyl (C=O) groups is 6. The first-order chi connectivity index (χ1) is 14.8. The SMILES string of the molecule is CCC(C)C(NC(=O)C(N)CC(N)=O)C(=O)NC(CO)C(=O)NC(CCC(=O)O)C(=O)O. The van der Waals surface area contributed by atoms with E-state index in [-0.39, 0.29) is 0 Å². The zero-order valence-corrected chi connectivity index (χ0v) is 17.9. The Bertz CT molecular complexity index is 715. The number of carbonyl (C=O) groups excluding carboxylic acids is 4. The number of hydrogen-bond donors (Lipinski definition) is 8. The van der Waals surface area contributed by atoms with Crippen LogP contribution in [0.3, 0.4) is 0 Å². The summed E-state index contributed by atoms with van der Waals surface area (Å²) in [4.78, 5) is 70.0. The van der Waals surface area contributed by atoms with E-state index >= 15 is 0 Å². The molecule has 5 unspecified atom stereocenters. The minimum atomic E-state index is -1.57. The molecule has 14 heteroatoms. The fourth-order valence-electron chi connectivity index (χ4n) is 2.52. The zero-order chi connectivity index (χ0) is 25.0. The minimum Gasteiger partial charge on any atom is -0.481 e. The van der Waals surface area contributed by atoms with Crippen molar-refractivity contribution in [2.24, 2.45) is 17.4 Å². The molecule has 0 rings (SSSR count). The molecule has 0 aliphatic rings. The third-order valence-corrected chi connectivity index (χ3v) is 4.63. The summed E-state index contributed by atoms with van der Waals surface area (Å²) in [6.07, 6.45) is -0.960. The molecule has 0 aromatic carbocycles. The standard InChI is InChI=1S/C18H31N5O9/c1-3-8(2)14(23-15(28)9(19)6-12(20)25)17(30)22-11(7-24)16(29)21-10(18(31)32)4-5-13(26)27/h8-11,14,24H,3-7,19H2,1-2H3,(H2,20,25)(H,21,29)(H,22,30)(H,23,28)(H,26,27)(H,31,32). The number of aliphatic hydroxyl groups excluding tert-OH is 1. The van der Waals surface area contributed by atoms with E-state index in [0.29, 0.717) is 6.42 Å². The van der Waals surface area contributed by atoms with Gasteiger partial charge in [-0.2, -0.15) is 0 Å². The second-order valence-electron chi connectivity index (χ2n) is 7.22. The highest BCUT2D eigenvalue weighted by atomic mass is 16.4. The minimum absolute atomic E-state index is 0.411. The summed E-state index contributed by atoms with van der Waals surface area (Å²) in [5.41, 5.74) is 10.6. The topological polar surface area (TPSA) is 251 Å². The van der Waals surface area contributed by atoms with E-state index in [1.807, 2.05) is 0 Å². The second-order valence-corrected chi connectivity index (χ2v) is 7.22. The third kappa shape index (κ3) is 10.2. The number of primary amides is 1. The smallest absolute Gasteiger partial charge is 0.326 e. The number of carboxylic acids is 2. The molecule has 0 spiro atoms. The van der Waals surface area contributed by atoms with Crippen LogP contribution in [0.5, 0.6) is 0 Å². The highest BCUT2D eigenvalue weighted by Crippen LogP contribution is 2.09. The van der Waals surface area contributed by atoms with Gasteiger partial charge < -0.3 is 42.7 Å². The van der Waals surface area contributed by atoms with Crippen LogP contribution in [0.2, 0.25) is 0 Å². The maximum atomic E-state index is 12.7. The Kier molecular flexibility index (Phi) is 12.5. The lowest BCUT2D eigenvalue weighted by atomic mass is 9.97. The molecule has 10 N–H and O–H groups in total. The van der Waals surface area contributed by atoms with Crippen LogP contribution >= 0.6 is 0 Å². The fourth-order valence-corrected chi connectivity index (χ4v) is 2.52. The molecule has 0 bridgehead atoms. The second kappa shape index (κ2) is 13.9. The monoisotopic (exact) mass is 461 g/mol. The molecule has 4 amide bonds. The van der Waals surface area contributed by atoms with Crippen molar-refractivity contribution in [1.82, 2.24) is 16.0 Å². The van der Waals surface area contributed by atoms with Crippen LogP contribution < -0.4 is 27.4 Å². The molecule has 0 aliphatic heterocycles. The molecule has 0 saturated heterocycles. The average Bonchev–Trinajstić information content (AvgIpc) is 2.70. The Morgan fingerprint density at radius 1 is 0.906 bits per heavy atom. The van der Waals surface area contributed by atoms with E-state index in [9.17, 15) is 33.9 Å². The van der Waals surface area contributed by atoms with Crippen molar-refractivity contribution in [3.63, 3.8) is 0 Å². The molecule has 182 valence electrons. The normalized spacial score (nSPS) is 15.4. The summed E-state index contributed by atoms with van der Waals surface area (Å²) < 4.78 is 0. The van der Waals surface area contributed by atoms with Crippen LogP contribution in [0.1, 0.15) is 39.5 Å². The van der Waals surface area contributed by atoms with Gasteiger partial charge in [-0.15, -0.1) is 0 Å². The molecule has 0 radical (unpaired) electrons. The van der Waals surface area contributed by atoms with E-state index in [2.05, 4.69) is 16.0 Å². The quantitative estimate of drug-likeness (QED) is 0.120. The van der Waals surface area contributed by atoms with Gasteiger partial charge in [0.15, 0.2) is 0 Å². The Morgan fingerprint density at radius 2 is 1.47 bits per heavy atom. The summed E-state index contributed by atoms with van der Waals surface area (Å²) in [6.45, 7) is 2.46. The number of rotatable bonds is 15. The van der Waals surface area contributed by atoms with Crippen molar-refractivity contribution in [2.45, 2.75) is 63.7 Å². The molecule has 32 heavy (non-hydrogen) atoms. The number of nitrogens with one attached hydrogen (secondary N) is 3. The van der Waals surface area contributed by atoms with Gasteiger partial charge in [0.1, 0.15) is 18.1 Å². The molecule has 14 nitrogen and oxygen atoms in total. The van der Waals surface area contributed by atoms with Crippen molar-refractivity contribution in [3.8, 4) is 0 Å². The maximum Gasteiger partial charge on any atom is 0.326 e. The van der Waals surface area contributed by atoms with Gasteiger partial charge in [0.05, 0.1) is 19.1 Å². The molecular weight excluding hydrogens is 430 g/mol. The Balaban J connectivity index is 5.30. The van der Waals surface area contributed by atoms with Crippen molar-refractivity contribution in [1.29, 1.82) is 0 Å². The lowest BCUT2D eigenvalue weighted by molar-refractivity contribution is -0.143. The first kappa shape index (κ1) is 28.7. The lowest BCUT2D eigenvalue weighted by Gasteiger charge is -2.27. The maximum absolute atomic E-state index is 12.7. The summed E-state index contributed by atoms with van der Waals surface area (Å²) >= 11 is 0. The van der Waals surface area contributed by atoms with E-state index in [1.54, 1.807) is 13.8 Å². The first-order valence-corrected chi connectivity index (χ1v) is 9.84. The number of amides is 4. The zero-order valence-electron chi connectivity index (χ0n) is 17.9. The molecule has 0 aromatic heterocycles. The molecule has 0 fully saturated rings. The van der Waals surface area contributed by atoms with Crippen molar-refractivity contribution in [2.75, 3.05) is 6.61 Å². The highest BCUT2D eigenvalue weighted by Gasteiger charge is 2.32. The molecular formula is C18H31N5O9. The van der Waals surface area contributed by atoms with Gasteiger partial charge in [-0.3, -0.25) is 24.0 Å². The van der Waals surface area contributed by atoms with Crippen LogP contribution in [0.15, 0.2) is 0 Å². The van der Waals surface area contributed by atoms with E-state index < -0.39 is 91.5 Å². The average molecular weight is 461 g/mol. The number of carboxylic acid groups (broad SMARTS) is 2. The van der Waals surface area contributed by atoms with Gasteiger partial charge in [-0.25, -0.2) is 4.79 Å². The van der Waals surface area contributed by atoms with Crippen molar-refractivity contribution in [3.05, 3.63) is 0 Å². The van der Waals surface area contributed by atoms with Crippen LogP contribution in [0.25, 0.3) is 0 Å². The fraction of sp³-hybridized carbons (Fsp3) is 0.667. The van der Waals surface area contributed by atoms with Gasteiger partial charge in [-0.05, 0) is 12.3 Å². The van der Waals surface area contributed by atoms with Gasteiger partial charge in [0.2, 0.25) is 23.6 Å². The van der Waals surface area contributed by atoms with Gasteiger partial charge in [0, 0.05) is 6.42 Å². The van der Waals surface area contributed by atoms with Crippen LogP contribution in [-0.2, 0) is 28.8 Å². The van der Waals surface area contributed by atoms with E-state index in [0.717, 1.165) is 0 Å². The highest BCUT2D eigenvalue weighted by molar-refractivity contribution is 5.95. The van der Waals surface area contributed by atoms with Crippen molar-refractivity contribution >= 4 is 35.6 Å². The molecule has 0 heterocycles. The Labute approximate surface area is 184 Å². The number of nitrogens with two attached hydrogens (primary N) is 2. The summed E-state index contributed by atoms with van der Waals surface area (Å²) in [5.74, 6) is -6.75. The van der Waals surface area contributed by atoms with Crippen molar-refractivity contribution < 1.29 is 44.1 Å². The molecule has 0 saturated carbocycles. The van der Waals surface area contributed by atoms with Crippen LogP contribution in [0, 0.1) is 5.92 Å². The number of hydrogen-bond acceptors (Lipinski definition) is 8. The Morgan fingerprint density at radius 3 is 1.91 bits per heavy atom. The number of aliphatic hydroxyl groups is 1. The summed E-state index contributed by atoms with van der Waals surface area (Å²) in [5, 5.41) is 33.9.